The molecule has 0 aliphatic heterocycles. The van der Waals surface area contributed by atoms with Crippen LogP contribution < -0.4 is 4.72 Å². The second-order valence-corrected chi connectivity index (χ2v) is 8.80. The van der Waals surface area contributed by atoms with Crippen LogP contribution in [0.1, 0.15) is 41.6 Å². The third kappa shape index (κ3) is 5.23. The molecule has 0 amide bonds. The Balaban J connectivity index is 1.62. The summed E-state index contributed by atoms with van der Waals surface area (Å²) >= 11 is 5.72. The molecule has 1 heterocycles. The molecular weight excluding hydrogens is 398 g/mol. The SMILES string of the molecule is O=C(CCCc1ccc(F)c(Cl)c1)c1cc(F)nc(NS(=O)(=O)C2CC2)c1. The van der Waals surface area contributed by atoms with Crippen LogP contribution in [0.15, 0.2) is 30.3 Å². The van der Waals surface area contributed by atoms with Gasteiger partial charge in [-0.15, -0.1) is 0 Å². The Bertz CT molecular complexity index is 979. The molecule has 2 aromatic rings. The molecule has 1 aromatic heterocycles. The molecule has 1 N–H and O–H groups in total. The zero-order chi connectivity index (χ0) is 19.6. The maximum absolute atomic E-state index is 13.7. The summed E-state index contributed by atoms with van der Waals surface area (Å²) in [4.78, 5) is 15.8. The van der Waals surface area contributed by atoms with Gasteiger partial charge in [0.2, 0.25) is 16.0 Å². The number of hydrogen-bond donors (Lipinski definition) is 1. The van der Waals surface area contributed by atoms with E-state index in [2.05, 4.69) is 9.71 Å². The van der Waals surface area contributed by atoms with Crippen LogP contribution in [0.5, 0.6) is 0 Å². The first kappa shape index (κ1) is 19.7. The summed E-state index contributed by atoms with van der Waals surface area (Å²) in [7, 11) is -3.59. The van der Waals surface area contributed by atoms with E-state index in [0.29, 0.717) is 25.7 Å². The van der Waals surface area contributed by atoms with Gasteiger partial charge in [-0.25, -0.2) is 17.8 Å². The number of halogens is 3. The number of rotatable bonds is 8. The molecule has 0 radical (unpaired) electrons. The maximum atomic E-state index is 13.7. The normalized spacial score (nSPS) is 14.2. The van der Waals surface area contributed by atoms with Crippen molar-refractivity contribution in [2.45, 2.75) is 37.4 Å². The van der Waals surface area contributed by atoms with Gasteiger partial charge < -0.3 is 0 Å². The van der Waals surface area contributed by atoms with E-state index in [1.165, 1.54) is 18.2 Å². The Morgan fingerprint density at radius 3 is 2.63 bits per heavy atom. The van der Waals surface area contributed by atoms with Crippen molar-refractivity contribution in [1.29, 1.82) is 0 Å². The van der Waals surface area contributed by atoms with Crippen molar-refractivity contribution < 1.29 is 22.0 Å². The predicted molar refractivity (Wildman–Crippen MR) is 98.4 cm³/mol. The number of hydrogen-bond acceptors (Lipinski definition) is 4. The number of carbonyl (C=O) groups excluding carboxylic acids is 1. The minimum Gasteiger partial charge on any atom is -0.294 e. The van der Waals surface area contributed by atoms with E-state index in [0.717, 1.165) is 11.6 Å². The number of Topliss-reactive ketones (excluding diaryl/α,β-unsaturated/α-hetero) is 1. The van der Waals surface area contributed by atoms with Crippen molar-refractivity contribution in [3.05, 3.63) is 58.2 Å². The molecule has 1 aliphatic rings. The predicted octanol–water partition coefficient (Wildman–Crippen LogP) is 4.12. The molecule has 0 spiro atoms. The summed E-state index contributed by atoms with van der Waals surface area (Å²) in [6, 6.07) is 6.56. The van der Waals surface area contributed by atoms with E-state index >= 15 is 0 Å². The average Bonchev–Trinajstić information content (AvgIpc) is 3.42. The van der Waals surface area contributed by atoms with Crippen LogP contribution in [0.25, 0.3) is 0 Å². The van der Waals surface area contributed by atoms with E-state index in [1.54, 1.807) is 6.07 Å². The van der Waals surface area contributed by atoms with Crippen molar-refractivity contribution in [1.82, 2.24) is 4.98 Å². The first-order chi connectivity index (χ1) is 12.7. The monoisotopic (exact) mass is 414 g/mol. The molecule has 0 unspecified atom stereocenters. The van der Waals surface area contributed by atoms with Gasteiger partial charge in [0.15, 0.2) is 5.78 Å². The second kappa shape index (κ2) is 7.90. The lowest BCUT2D eigenvalue weighted by atomic mass is 10.0. The van der Waals surface area contributed by atoms with Gasteiger partial charge in [0.1, 0.15) is 11.6 Å². The van der Waals surface area contributed by atoms with E-state index in [1.807, 2.05) is 0 Å². The van der Waals surface area contributed by atoms with Crippen LogP contribution in [0.3, 0.4) is 0 Å². The quantitative estimate of drug-likeness (QED) is 0.520. The maximum Gasteiger partial charge on any atom is 0.236 e. The fraction of sp³-hybridized carbons (Fsp3) is 0.333. The highest BCUT2D eigenvalue weighted by Gasteiger charge is 2.36. The number of aromatic nitrogens is 1. The van der Waals surface area contributed by atoms with Crippen molar-refractivity contribution in [2.24, 2.45) is 0 Å². The number of benzene rings is 1. The van der Waals surface area contributed by atoms with Gasteiger partial charge in [0.05, 0.1) is 10.3 Å². The van der Waals surface area contributed by atoms with Crippen molar-refractivity contribution >= 4 is 33.2 Å². The number of aryl methyl sites for hydroxylation is 1. The summed E-state index contributed by atoms with van der Waals surface area (Å²) in [6.07, 6.45) is 2.19. The zero-order valence-corrected chi connectivity index (χ0v) is 15.8. The number of carbonyl (C=O) groups is 1. The van der Waals surface area contributed by atoms with Gasteiger partial charge in [0, 0.05) is 18.1 Å². The first-order valence-electron chi connectivity index (χ1n) is 8.41. The molecule has 9 heteroatoms. The highest BCUT2D eigenvalue weighted by molar-refractivity contribution is 7.93. The van der Waals surface area contributed by atoms with Gasteiger partial charge in [0.25, 0.3) is 0 Å². The van der Waals surface area contributed by atoms with E-state index in [-0.39, 0.29) is 28.6 Å². The minimum atomic E-state index is -3.59. The first-order valence-corrected chi connectivity index (χ1v) is 10.3. The fourth-order valence-electron chi connectivity index (χ4n) is 2.61. The summed E-state index contributed by atoms with van der Waals surface area (Å²) in [5.41, 5.74) is 0.834. The topological polar surface area (TPSA) is 76.1 Å². The van der Waals surface area contributed by atoms with Crippen molar-refractivity contribution in [3.8, 4) is 0 Å². The van der Waals surface area contributed by atoms with Crippen molar-refractivity contribution in [3.63, 3.8) is 0 Å². The van der Waals surface area contributed by atoms with E-state index < -0.39 is 27.0 Å². The lowest BCUT2D eigenvalue weighted by molar-refractivity contribution is 0.0979. The molecular formula is C18H17ClF2N2O3S. The van der Waals surface area contributed by atoms with Gasteiger partial charge in [-0.1, -0.05) is 17.7 Å². The van der Waals surface area contributed by atoms with Crippen LogP contribution >= 0.6 is 11.6 Å². The standard InChI is InChI=1S/C18H17ClF2N2O3S/c19-14-8-11(4-7-15(14)20)2-1-3-16(24)12-9-17(21)22-18(10-12)23-27(25,26)13-5-6-13/h4,7-10,13H,1-3,5-6H2,(H,22,23). The number of nitrogens with zero attached hydrogens (tertiary/aromatic N) is 1. The molecule has 27 heavy (non-hydrogen) atoms. The summed E-state index contributed by atoms with van der Waals surface area (Å²) in [6.45, 7) is 0. The summed E-state index contributed by atoms with van der Waals surface area (Å²) in [5.74, 6) is -1.98. The molecule has 3 rings (SSSR count). The lowest BCUT2D eigenvalue weighted by Crippen LogP contribution is -2.19. The number of nitrogens with one attached hydrogen (secondary N) is 1. The number of ketones is 1. The van der Waals surface area contributed by atoms with Crippen LogP contribution in [-0.4, -0.2) is 24.4 Å². The summed E-state index contributed by atoms with van der Waals surface area (Å²) in [5, 5.41) is -0.466. The van der Waals surface area contributed by atoms with Gasteiger partial charge in [-0.2, -0.15) is 4.39 Å². The second-order valence-electron chi connectivity index (χ2n) is 6.44. The molecule has 1 saturated carbocycles. The molecule has 0 saturated heterocycles. The zero-order valence-electron chi connectivity index (χ0n) is 14.2. The molecule has 1 aromatic carbocycles. The lowest BCUT2D eigenvalue weighted by Gasteiger charge is -2.08. The fourth-order valence-corrected chi connectivity index (χ4v) is 4.13. The Hall–Kier alpha value is -2.06. The van der Waals surface area contributed by atoms with Gasteiger partial charge in [-0.3, -0.25) is 9.52 Å². The minimum absolute atomic E-state index is 0.0163. The number of pyridine rings is 1. The summed E-state index contributed by atoms with van der Waals surface area (Å²) < 4.78 is 52.9. The van der Waals surface area contributed by atoms with Crippen molar-refractivity contribution in [2.75, 3.05) is 4.72 Å². The van der Waals surface area contributed by atoms with E-state index in [9.17, 15) is 22.0 Å². The third-order valence-corrected chi connectivity index (χ3v) is 6.31. The number of anilines is 1. The Morgan fingerprint density at radius 1 is 1.22 bits per heavy atom. The molecule has 1 fully saturated rings. The van der Waals surface area contributed by atoms with Crippen LogP contribution in [0.4, 0.5) is 14.6 Å². The molecule has 144 valence electrons. The Kier molecular flexibility index (Phi) is 5.76. The van der Waals surface area contributed by atoms with Crippen LogP contribution in [-0.2, 0) is 16.4 Å². The Morgan fingerprint density at radius 2 is 1.96 bits per heavy atom. The molecule has 5 nitrogen and oxygen atoms in total. The Labute approximate surface area is 160 Å². The van der Waals surface area contributed by atoms with Gasteiger partial charge >= 0.3 is 0 Å². The highest BCUT2D eigenvalue weighted by atomic mass is 35.5. The average molecular weight is 415 g/mol. The molecule has 0 atom stereocenters. The third-order valence-electron chi connectivity index (χ3n) is 4.18. The largest absolute Gasteiger partial charge is 0.294 e. The molecule has 0 bridgehead atoms. The van der Waals surface area contributed by atoms with Crippen LogP contribution in [0.2, 0.25) is 5.02 Å². The van der Waals surface area contributed by atoms with Gasteiger partial charge in [-0.05, 0) is 49.4 Å². The smallest absolute Gasteiger partial charge is 0.236 e. The number of sulfonamides is 1. The van der Waals surface area contributed by atoms with Crippen LogP contribution in [0, 0.1) is 11.8 Å². The molecule has 1 aliphatic carbocycles. The van der Waals surface area contributed by atoms with E-state index in [4.69, 9.17) is 11.6 Å². The highest BCUT2D eigenvalue weighted by Crippen LogP contribution is 2.29.